The van der Waals surface area contributed by atoms with Gasteiger partial charge in [-0.15, -0.1) is 0 Å². The summed E-state index contributed by atoms with van der Waals surface area (Å²) in [5, 5.41) is 9.31. The van der Waals surface area contributed by atoms with E-state index < -0.39 is 0 Å². The smallest absolute Gasteiger partial charge is 0.0347 e. The Kier molecular flexibility index (Phi) is 3.34. The van der Waals surface area contributed by atoms with Crippen LogP contribution in [0.4, 0.5) is 5.69 Å². The van der Waals surface area contributed by atoms with Crippen molar-refractivity contribution in [1.29, 1.82) is 0 Å². The molecule has 2 N–H and O–H groups in total. The second-order valence-electron chi connectivity index (χ2n) is 5.05. The highest BCUT2D eigenvalue weighted by Crippen LogP contribution is 2.19. The second kappa shape index (κ2) is 4.76. The van der Waals surface area contributed by atoms with Crippen LogP contribution in [-0.4, -0.2) is 19.1 Å². The number of nitrogens with one attached hydrogen (secondary N) is 2. The minimum atomic E-state index is 0.103. The Morgan fingerprint density at radius 3 is 2.41 bits per heavy atom. The van der Waals surface area contributed by atoms with Gasteiger partial charge in [0.1, 0.15) is 0 Å². The first-order chi connectivity index (χ1) is 8.11. The molecule has 0 fully saturated rings. The lowest BCUT2D eigenvalue weighted by molar-refractivity contribution is 0.448. The van der Waals surface area contributed by atoms with Crippen molar-refractivity contribution in [3.05, 3.63) is 42.5 Å². The van der Waals surface area contributed by atoms with Crippen LogP contribution in [0.15, 0.2) is 42.5 Å². The standard InChI is InChI=1S/C15H20N2/c1-15(2,16-3)11-17-14-9-8-12-6-4-5-7-13(12)10-14/h4-10,16-17H,11H2,1-3H3. The minimum absolute atomic E-state index is 0.103. The average molecular weight is 228 g/mol. The molecule has 0 spiro atoms. The van der Waals surface area contributed by atoms with Gasteiger partial charge in [0.2, 0.25) is 0 Å². The zero-order valence-corrected chi connectivity index (χ0v) is 10.7. The lowest BCUT2D eigenvalue weighted by Crippen LogP contribution is -2.42. The van der Waals surface area contributed by atoms with E-state index >= 15 is 0 Å². The highest BCUT2D eigenvalue weighted by molar-refractivity contribution is 5.85. The van der Waals surface area contributed by atoms with Crippen molar-refractivity contribution >= 4 is 16.5 Å². The molecule has 17 heavy (non-hydrogen) atoms. The van der Waals surface area contributed by atoms with Crippen LogP contribution in [0.3, 0.4) is 0 Å². The Bertz CT molecular complexity index is 503. The summed E-state index contributed by atoms with van der Waals surface area (Å²) in [4.78, 5) is 0. The molecule has 2 rings (SSSR count). The van der Waals surface area contributed by atoms with Crippen LogP contribution in [0.1, 0.15) is 13.8 Å². The van der Waals surface area contributed by atoms with Gasteiger partial charge in [0.25, 0.3) is 0 Å². The molecule has 0 radical (unpaired) electrons. The maximum absolute atomic E-state index is 3.47. The Labute approximate surface area is 103 Å². The van der Waals surface area contributed by atoms with Crippen LogP contribution in [0.25, 0.3) is 10.8 Å². The van der Waals surface area contributed by atoms with Crippen molar-refractivity contribution in [2.75, 3.05) is 18.9 Å². The Morgan fingerprint density at radius 1 is 1.00 bits per heavy atom. The van der Waals surface area contributed by atoms with Crippen molar-refractivity contribution in [2.45, 2.75) is 19.4 Å². The zero-order valence-electron chi connectivity index (χ0n) is 10.7. The van der Waals surface area contributed by atoms with Crippen molar-refractivity contribution in [3.8, 4) is 0 Å². The summed E-state index contributed by atoms with van der Waals surface area (Å²) >= 11 is 0. The summed E-state index contributed by atoms with van der Waals surface area (Å²) in [6.45, 7) is 5.27. The fourth-order valence-electron chi connectivity index (χ4n) is 1.71. The molecule has 0 aliphatic heterocycles. The van der Waals surface area contributed by atoms with Gasteiger partial charge in [-0.05, 0) is 43.8 Å². The Balaban J connectivity index is 2.14. The van der Waals surface area contributed by atoms with Gasteiger partial charge in [-0.2, -0.15) is 0 Å². The van der Waals surface area contributed by atoms with E-state index in [9.17, 15) is 0 Å². The normalized spacial score (nSPS) is 11.7. The predicted octanol–water partition coefficient (Wildman–Crippen LogP) is 3.25. The maximum atomic E-state index is 3.47. The third-order valence-corrected chi connectivity index (χ3v) is 3.16. The van der Waals surface area contributed by atoms with E-state index in [1.165, 1.54) is 16.5 Å². The van der Waals surface area contributed by atoms with Gasteiger partial charge in [0.05, 0.1) is 0 Å². The summed E-state index contributed by atoms with van der Waals surface area (Å²) in [5.41, 5.74) is 1.28. The second-order valence-corrected chi connectivity index (χ2v) is 5.05. The number of fused-ring (bicyclic) bond motifs is 1. The van der Waals surface area contributed by atoms with Gasteiger partial charge < -0.3 is 10.6 Å². The van der Waals surface area contributed by atoms with Crippen LogP contribution in [0.2, 0.25) is 0 Å². The maximum Gasteiger partial charge on any atom is 0.0347 e. The molecule has 0 amide bonds. The minimum Gasteiger partial charge on any atom is -0.383 e. The molecule has 2 aromatic rings. The molecule has 0 saturated carbocycles. The van der Waals surface area contributed by atoms with E-state index in [-0.39, 0.29) is 5.54 Å². The SMILES string of the molecule is CNC(C)(C)CNc1ccc2ccccc2c1. The molecule has 0 aromatic heterocycles. The summed E-state index contributed by atoms with van der Waals surface area (Å²) in [6.07, 6.45) is 0. The van der Waals surface area contributed by atoms with Gasteiger partial charge in [0, 0.05) is 17.8 Å². The monoisotopic (exact) mass is 228 g/mol. The van der Waals surface area contributed by atoms with E-state index in [4.69, 9.17) is 0 Å². The van der Waals surface area contributed by atoms with Gasteiger partial charge in [-0.1, -0.05) is 30.3 Å². The predicted molar refractivity (Wildman–Crippen MR) is 75.6 cm³/mol. The molecule has 90 valence electrons. The van der Waals surface area contributed by atoms with E-state index in [1.807, 2.05) is 7.05 Å². The average Bonchev–Trinajstić information content (AvgIpc) is 2.36. The third kappa shape index (κ3) is 2.98. The third-order valence-electron chi connectivity index (χ3n) is 3.16. The summed E-state index contributed by atoms with van der Waals surface area (Å²) in [7, 11) is 1.99. The largest absolute Gasteiger partial charge is 0.383 e. The van der Waals surface area contributed by atoms with Gasteiger partial charge in [-0.3, -0.25) is 0 Å². The van der Waals surface area contributed by atoms with E-state index in [1.54, 1.807) is 0 Å². The first-order valence-corrected chi connectivity index (χ1v) is 6.02. The van der Waals surface area contributed by atoms with Gasteiger partial charge in [-0.25, -0.2) is 0 Å². The highest BCUT2D eigenvalue weighted by atomic mass is 15.0. The molecule has 0 unspecified atom stereocenters. The number of benzene rings is 2. The van der Waals surface area contributed by atoms with Crippen molar-refractivity contribution in [2.24, 2.45) is 0 Å². The van der Waals surface area contributed by atoms with Crippen molar-refractivity contribution in [3.63, 3.8) is 0 Å². The molecular formula is C15H20N2. The highest BCUT2D eigenvalue weighted by Gasteiger charge is 2.13. The van der Waals surface area contributed by atoms with Crippen LogP contribution >= 0.6 is 0 Å². The molecule has 2 nitrogen and oxygen atoms in total. The number of anilines is 1. The fourth-order valence-corrected chi connectivity index (χ4v) is 1.71. The summed E-state index contributed by atoms with van der Waals surface area (Å²) < 4.78 is 0. The van der Waals surface area contributed by atoms with E-state index in [2.05, 4.69) is 66.9 Å². The van der Waals surface area contributed by atoms with Gasteiger partial charge in [0.15, 0.2) is 0 Å². The molecule has 0 atom stereocenters. The lowest BCUT2D eigenvalue weighted by Gasteiger charge is -2.25. The topological polar surface area (TPSA) is 24.1 Å². The molecule has 0 bridgehead atoms. The molecular weight excluding hydrogens is 208 g/mol. The lowest BCUT2D eigenvalue weighted by atomic mass is 10.1. The summed E-state index contributed by atoms with van der Waals surface area (Å²) in [6, 6.07) is 14.9. The Hall–Kier alpha value is -1.54. The number of hydrogen-bond acceptors (Lipinski definition) is 2. The van der Waals surface area contributed by atoms with Crippen LogP contribution < -0.4 is 10.6 Å². The van der Waals surface area contributed by atoms with E-state index in [0.717, 1.165) is 6.54 Å². The molecule has 0 aliphatic rings. The van der Waals surface area contributed by atoms with Crippen molar-refractivity contribution in [1.82, 2.24) is 5.32 Å². The fraction of sp³-hybridized carbons (Fsp3) is 0.333. The molecule has 2 aromatic carbocycles. The molecule has 0 heterocycles. The number of likely N-dealkylation sites (N-methyl/N-ethyl adjacent to an activating group) is 1. The summed E-state index contributed by atoms with van der Waals surface area (Å²) in [5.74, 6) is 0. The van der Waals surface area contributed by atoms with Crippen LogP contribution in [0, 0.1) is 0 Å². The Morgan fingerprint density at radius 2 is 1.71 bits per heavy atom. The molecule has 0 saturated heterocycles. The number of hydrogen-bond donors (Lipinski definition) is 2. The van der Waals surface area contributed by atoms with Crippen LogP contribution in [-0.2, 0) is 0 Å². The molecule has 2 heteroatoms. The first-order valence-electron chi connectivity index (χ1n) is 6.02. The van der Waals surface area contributed by atoms with Crippen LogP contribution in [0.5, 0.6) is 0 Å². The first kappa shape index (κ1) is 11.9. The number of rotatable bonds is 4. The molecule has 0 aliphatic carbocycles. The van der Waals surface area contributed by atoms with Crippen molar-refractivity contribution < 1.29 is 0 Å². The zero-order chi connectivity index (χ0) is 12.3. The quantitative estimate of drug-likeness (QED) is 0.839. The van der Waals surface area contributed by atoms with E-state index in [0.29, 0.717) is 0 Å². The van der Waals surface area contributed by atoms with Gasteiger partial charge >= 0.3 is 0 Å².